The van der Waals surface area contributed by atoms with Gasteiger partial charge in [-0.1, -0.05) is 12.8 Å². The van der Waals surface area contributed by atoms with Crippen LogP contribution in [-0.4, -0.2) is 33.0 Å². The Bertz CT molecular complexity index is 49.6. The van der Waals surface area contributed by atoms with Crippen LogP contribution >= 0.6 is 0 Å². The van der Waals surface area contributed by atoms with Crippen molar-refractivity contribution in [3.05, 3.63) is 10.6 Å². The summed E-state index contributed by atoms with van der Waals surface area (Å²) in [7, 11) is 0. The molecule has 4 heteroatoms. The van der Waals surface area contributed by atoms with E-state index in [1.54, 1.807) is 0 Å². The minimum atomic E-state index is 0. The largest absolute Gasteiger partial charge is 3.00 e. The molecule has 0 atom stereocenters. The summed E-state index contributed by atoms with van der Waals surface area (Å²) >= 11 is 0. The molecule has 2 fully saturated rings. The van der Waals surface area contributed by atoms with Crippen LogP contribution in [0.25, 0.3) is 10.6 Å². The van der Waals surface area contributed by atoms with Gasteiger partial charge in [0.15, 0.2) is 0 Å². The number of hydrogen-bond acceptors (Lipinski definition) is 1. The molecule has 60 valence electrons. The molecule has 0 N–H and O–H groups in total. The fourth-order valence-corrected chi connectivity index (χ4v) is 0.882. The van der Waals surface area contributed by atoms with Crippen LogP contribution in [0.2, 0.25) is 0 Å². The Labute approximate surface area is 93.5 Å². The molecule has 2 aliphatic rings. The van der Waals surface area contributed by atoms with Crippen LogP contribution < -0.4 is 0 Å². The van der Waals surface area contributed by atoms with Gasteiger partial charge in [-0.05, 0) is 6.73 Å². The van der Waals surface area contributed by atoms with Crippen molar-refractivity contribution in [3.8, 4) is 0 Å². The Morgan fingerprint density at radius 3 is 1.82 bits per heavy atom. The summed E-state index contributed by atoms with van der Waals surface area (Å²) in [6, 6.07) is 0. The third kappa shape index (κ3) is 7.35. The summed E-state index contributed by atoms with van der Waals surface area (Å²) in [5.74, 6) is 0. The van der Waals surface area contributed by atoms with Crippen LogP contribution in [0, 0.1) is 0 Å². The summed E-state index contributed by atoms with van der Waals surface area (Å²) in [4.78, 5) is 0. The van der Waals surface area contributed by atoms with Gasteiger partial charge in [0.25, 0.3) is 0 Å². The van der Waals surface area contributed by atoms with Crippen molar-refractivity contribution in [2.45, 2.75) is 12.8 Å². The topological polar surface area (TPSA) is 37.4 Å². The molecule has 0 unspecified atom stereocenters. The van der Waals surface area contributed by atoms with Gasteiger partial charge in [-0.2, -0.15) is 0 Å². The Hall–Kier alpha value is 0.984. The summed E-state index contributed by atoms with van der Waals surface area (Å²) in [5, 5.41) is 7.94. The SMILES string of the molecule is C1CC[N-]C1.C1COC[N-]1.[Y+3]. The second-order valence-electron chi connectivity index (χ2n) is 2.36. The number of nitrogens with zero attached hydrogens (tertiary/aromatic N) is 2. The molecule has 0 spiro atoms. The second-order valence-corrected chi connectivity index (χ2v) is 2.36. The van der Waals surface area contributed by atoms with Crippen molar-refractivity contribution < 1.29 is 37.4 Å². The molecule has 0 bridgehead atoms. The molecule has 2 rings (SSSR count). The first-order valence-corrected chi connectivity index (χ1v) is 3.84. The molecular weight excluding hydrogens is 217 g/mol. The van der Waals surface area contributed by atoms with Gasteiger partial charge < -0.3 is 15.4 Å². The zero-order valence-corrected chi connectivity index (χ0v) is 9.67. The first-order valence-electron chi connectivity index (χ1n) is 3.84. The molecule has 0 aliphatic carbocycles. The summed E-state index contributed by atoms with van der Waals surface area (Å²) < 4.78 is 4.78. The van der Waals surface area contributed by atoms with Crippen LogP contribution in [0.4, 0.5) is 0 Å². The first kappa shape index (κ1) is 12.0. The number of ether oxygens (including phenoxy) is 1. The van der Waals surface area contributed by atoms with E-state index in [-0.39, 0.29) is 32.7 Å². The maximum atomic E-state index is 4.78. The van der Waals surface area contributed by atoms with Crippen molar-refractivity contribution in [1.82, 2.24) is 0 Å². The molecular formula is C7H14N2OY+. The fourth-order valence-electron chi connectivity index (χ4n) is 0.882. The quantitative estimate of drug-likeness (QED) is 0.622. The van der Waals surface area contributed by atoms with E-state index in [1.807, 2.05) is 0 Å². The van der Waals surface area contributed by atoms with Gasteiger partial charge in [-0.3, -0.25) is 0 Å². The van der Waals surface area contributed by atoms with E-state index in [1.165, 1.54) is 12.8 Å². The van der Waals surface area contributed by atoms with Gasteiger partial charge in [-0.15, -0.1) is 19.6 Å². The zero-order chi connectivity index (χ0) is 7.07. The first-order chi connectivity index (χ1) is 5.00. The molecule has 11 heavy (non-hydrogen) atoms. The van der Waals surface area contributed by atoms with Gasteiger partial charge >= 0.3 is 32.7 Å². The van der Waals surface area contributed by atoms with Crippen molar-refractivity contribution in [1.29, 1.82) is 0 Å². The summed E-state index contributed by atoms with van der Waals surface area (Å²) in [5.41, 5.74) is 0. The number of rotatable bonds is 0. The molecule has 2 heterocycles. The molecule has 0 amide bonds. The van der Waals surface area contributed by atoms with E-state index in [0.717, 1.165) is 26.2 Å². The van der Waals surface area contributed by atoms with Crippen molar-refractivity contribution in [2.75, 3.05) is 33.0 Å². The van der Waals surface area contributed by atoms with Crippen LogP contribution in [0.1, 0.15) is 12.8 Å². The van der Waals surface area contributed by atoms with Gasteiger partial charge in [-0.25, -0.2) is 0 Å². The van der Waals surface area contributed by atoms with Gasteiger partial charge in [0.2, 0.25) is 0 Å². The van der Waals surface area contributed by atoms with E-state index >= 15 is 0 Å². The molecule has 2 saturated heterocycles. The summed E-state index contributed by atoms with van der Waals surface area (Å²) in [6.07, 6.45) is 2.67. The van der Waals surface area contributed by atoms with Gasteiger partial charge in [0, 0.05) is 6.61 Å². The van der Waals surface area contributed by atoms with Crippen LogP contribution in [0.15, 0.2) is 0 Å². The van der Waals surface area contributed by atoms with Crippen LogP contribution in [0.5, 0.6) is 0 Å². The fraction of sp³-hybridized carbons (Fsp3) is 1.00. The molecule has 0 aromatic rings. The smallest absolute Gasteiger partial charge is 0.662 e. The monoisotopic (exact) mass is 231 g/mol. The average Bonchev–Trinajstić information content (AvgIpc) is 2.67. The van der Waals surface area contributed by atoms with E-state index in [4.69, 9.17) is 4.74 Å². The maximum Gasteiger partial charge on any atom is 3.00 e. The van der Waals surface area contributed by atoms with Gasteiger partial charge in [0.05, 0.1) is 0 Å². The van der Waals surface area contributed by atoms with Crippen molar-refractivity contribution in [3.63, 3.8) is 0 Å². The molecule has 0 radical (unpaired) electrons. The third-order valence-corrected chi connectivity index (χ3v) is 1.46. The zero-order valence-electron chi connectivity index (χ0n) is 6.83. The van der Waals surface area contributed by atoms with Crippen molar-refractivity contribution >= 4 is 0 Å². The van der Waals surface area contributed by atoms with E-state index in [0.29, 0.717) is 6.73 Å². The van der Waals surface area contributed by atoms with Crippen LogP contribution in [-0.2, 0) is 37.4 Å². The summed E-state index contributed by atoms with van der Waals surface area (Å²) in [6.45, 7) is 4.61. The van der Waals surface area contributed by atoms with E-state index in [2.05, 4.69) is 10.6 Å². The third-order valence-electron chi connectivity index (χ3n) is 1.46. The second kappa shape index (κ2) is 9.07. The number of hydrogen-bond donors (Lipinski definition) is 0. The normalized spacial score (nSPS) is 21.8. The van der Waals surface area contributed by atoms with E-state index < -0.39 is 0 Å². The Morgan fingerprint density at radius 2 is 1.64 bits per heavy atom. The Balaban J connectivity index is 0.000000167. The maximum absolute atomic E-state index is 4.78. The average molecular weight is 231 g/mol. The molecule has 2 aliphatic heterocycles. The minimum Gasteiger partial charge on any atom is -0.662 e. The van der Waals surface area contributed by atoms with E-state index in [9.17, 15) is 0 Å². The molecule has 0 aromatic heterocycles. The predicted octanol–water partition coefficient (Wildman–Crippen LogP) is 1.50. The van der Waals surface area contributed by atoms with Gasteiger partial charge in [0.1, 0.15) is 0 Å². The minimum absolute atomic E-state index is 0. The Kier molecular flexibility index (Phi) is 9.89. The van der Waals surface area contributed by atoms with Crippen molar-refractivity contribution in [2.24, 2.45) is 0 Å². The Morgan fingerprint density at radius 1 is 0.909 bits per heavy atom. The molecule has 0 aromatic carbocycles. The standard InChI is InChI=1S/C4H8N.C3H6NO.Y/c1-2-4-5-3-1;1-2-5-3-4-1;/h1-4H2;1-3H2;/q2*-1;+3. The predicted molar refractivity (Wildman–Crippen MR) is 41.4 cm³/mol. The molecule has 3 nitrogen and oxygen atoms in total. The molecule has 0 saturated carbocycles. The van der Waals surface area contributed by atoms with Crippen LogP contribution in [0.3, 0.4) is 0 Å².